The van der Waals surface area contributed by atoms with Crippen molar-refractivity contribution in [1.82, 2.24) is 19.5 Å². The Balaban J connectivity index is 2.29. The van der Waals surface area contributed by atoms with Crippen molar-refractivity contribution in [2.75, 3.05) is 7.11 Å². The molecule has 2 aromatic rings. The molecule has 2 aliphatic rings. The molecule has 0 aromatic heterocycles. The Morgan fingerprint density at radius 1 is 1.00 bits per heavy atom. The summed E-state index contributed by atoms with van der Waals surface area (Å²) in [7, 11) is 1.58. The summed E-state index contributed by atoms with van der Waals surface area (Å²) >= 11 is 0. The molecule has 0 radical (unpaired) electrons. The summed E-state index contributed by atoms with van der Waals surface area (Å²) in [5.41, 5.74) is 4.17. The van der Waals surface area contributed by atoms with Crippen LogP contribution in [0.3, 0.4) is 0 Å². The summed E-state index contributed by atoms with van der Waals surface area (Å²) in [4.78, 5) is 35.0. The number of benzene rings is 2. The minimum Gasteiger partial charge on any atom is -0.497 e. The van der Waals surface area contributed by atoms with Crippen LogP contribution in [0.5, 0.6) is 5.75 Å². The van der Waals surface area contributed by atoms with E-state index in [0.29, 0.717) is 16.8 Å². The van der Waals surface area contributed by atoms with Gasteiger partial charge in [0.25, 0.3) is 5.56 Å². The van der Waals surface area contributed by atoms with Crippen molar-refractivity contribution in [1.29, 1.82) is 0 Å². The number of aromatic nitrogens is 4. The second-order valence-electron chi connectivity index (χ2n) is 6.59. The molecule has 2 aliphatic heterocycles. The van der Waals surface area contributed by atoms with E-state index in [1.165, 1.54) is 0 Å². The normalized spacial score (nSPS) is 11.3. The lowest BCUT2D eigenvalue weighted by Gasteiger charge is -2.21. The van der Waals surface area contributed by atoms with Crippen molar-refractivity contribution >= 4 is 11.0 Å². The van der Waals surface area contributed by atoms with Crippen LogP contribution in [0.2, 0.25) is 0 Å². The predicted octanol–water partition coefficient (Wildman–Crippen LogP) is 2.51. The average molecular weight is 362 g/mol. The molecular formula is C20H18N4O3. The van der Waals surface area contributed by atoms with Crippen LogP contribution in [0.4, 0.5) is 0 Å². The fourth-order valence-corrected chi connectivity index (χ4v) is 3.58. The van der Waals surface area contributed by atoms with Gasteiger partial charge in [-0.3, -0.25) is 14.3 Å². The first-order valence-electron chi connectivity index (χ1n) is 8.48. The largest absolute Gasteiger partial charge is 0.497 e. The fraction of sp³-hybridized carbons (Fsp3) is 0.200. The van der Waals surface area contributed by atoms with Crippen LogP contribution < -0.4 is 16.0 Å². The molecule has 0 aliphatic carbocycles. The van der Waals surface area contributed by atoms with Crippen molar-refractivity contribution in [2.24, 2.45) is 0 Å². The molecule has 0 spiro atoms. The number of nitrogens with zero attached hydrogens (tertiary/aromatic N) is 3. The summed E-state index contributed by atoms with van der Waals surface area (Å²) in [5.74, 6) is 0.867. The Bertz CT molecular complexity index is 1260. The molecule has 0 amide bonds. The molecule has 7 nitrogen and oxygen atoms in total. The third-order valence-corrected chi connectivity index (χ3v) is 4.58. The minimum absolute atomic E-state index is 0.117. The highest BCUT2D eigenvalue weighted by Gasteiger charge is 2.22. The topological polar surface area (TPSA) is 89.9 Å². The third kappa shape index (κ3) is 2.68. The van der Waals surface area contributed by atoms with Crippen LogP contribution in [0.15, 0.2) is 39.9 Å². The van der Waals surface area contributed by atoms with E-state index in [-0.39, 0.29) is 11.5 Å². The lowest BCUT2D eigenvalue weighted by Crippen LogP contribution is -2.28. The predicted molar refractivity (Wildman–Crippen MR) is 103 cm³/mol. The maximum absolute atomic E-state index is 12.4. The van der Waals surface area contributed by atoms with Gasteiger partial charge in [-0.25, -0.2) is 9.78 Å². The first-order chi connectivity index (χ1) is 12.9. The molecule has 4 rings (SSSR count). The molecule has 0 atom stereocenters. The number of aromatic amines is 1. The van der Waals surface area contributed by atoms with Crippen molar-refractivity contribution in [2.45, 2.75) is 20.8 Å². The number of hydrogen-bond acceptors (Lipinski definition) is 5. The Labute approximate surface area is 154 Å². The number of nitrogens with one attached hydrogen (secondary N) is 1. The smallest absolute Gasteiger partial charge is 0.349 e. The number of H-pyrrole nitrogens is 1. The van der Waals surface area contributed by atoms with E-state index in [4.69, 9.17) is 4.74 Å². The highest BCUT2D eigenvalue weighted by atomic mass is 16.5. The Hall–Kier alpha value is -3.48. The van der Waals surface area contributed by atoms with Gasteiger partial charge in [-0.15, -0.1) is 0 Å². The lowest BCUT2D eigenvalue weighted by atomic mass is 10.0. The van der Waals surface area contributed by atoms with Crippen molar-refractivity contribution in [3.8, 4) is 23.0 Å². The van der Waals surface area contributed by atoms with Crippen molar-refractivity contribution < 1.29 is 4.74 Å². The Kier molecular flexibility index (Phi) is 3.80. The maximum Gasteiger partial charge on any atom is 0.349 e. The molecule has 2 aromatic carbocycles. The summed E-state index contributed by atoms with van der Waals surface area (Å²) < 4.78 is 7.18. The van der Waals surface area contributed by atoms with E-state index < -0.39 is 11.2 Å². The Morgan fingerprint density at radius 3 is 2.37 bits per heavy atom. The van der Waals surface area contributed by atoms with Crippen LogP contribution in [0.1, 0.15) is 16.7 Å². The van der Waals surface area contributed by atoms with E-state index in [2.05, 4.69) is 27.1 Å². The highest BCUT2D eigenvalue weighted by Crippen LogP contribution is 2.31. The quantitative estimate of drug-likeness (QED) is 0.554. The van der Waals surface area contributed by atoms with Gasteiger partial charge in [-0.2, -0.15) is 4.98 Å². The summed E-state index contributed by atoms with van der Waals surface area (Å²) in [5, 5.41) is 0. The fourth-order valence-electron chi connectivity index (χ4n) is 3.58. The molecule has 7 heteroatoms. The van der Waals surface area contributed by atoms with Crippen LogP contribution in [-0.4, -0.2) is 26.6 Å². The van der Waals surface area contributed by atoms with Gasteiger partial charge in [0.2, 0.25) is 0 Å². The minimum atomic E-state index is -0.701. The van der Waals surface area contributed by atoms with Crippen LogP contribution in [-0.2, 0) is 0 Å². The zero-order chi connectivity index (χ0) is 19.3. The van der Waals surface area contributed by atoms with Crippen LogP contribution in [0.25, 0.3) is 28.2 Å². The lowest BCUT2D eigenvalue weighted by molar-refractivity contribution is 0.415. The van der Waals surface area contributed by atoms with Gasteiger partial charge in [-0.05, 0) is 44.0 Å². The van der Waals surface area contributed by atoms with E-state index in [1.54, 1.807) is 19.2 Å². The zero-order valence-electron chi connectivity index (χ0n) is 15.5. The SMILES string of the molecule is COc1ccc2nc3c(=O)[nH]c(=O)nc-3n(-c3c(C)cc(C)cc3C)c2c1. The molecule has 1 N–H and O–H groups in total. The third-order valence-electron chi connectivity index (χ3n) is 4.58. The zero-order valence-corrected chi connectivity index (χ0v) is 15.5. The van der Waals surface area contributed by atoms with Gasteiger partial charge >= 0.3 is 5.69 Å². The number of methoxy groups -OCH3 is 1. The molecule has 2 heterocycles. The second-order valence-corrected chi connectivity index (χ2v) is 6.59. The number of hydrogen-bond donors (Lipinski definition) is 1. The number of ether oxygens (including phenoxy) is 1. The van der Waals surface area contributed by atoms with E-state index in [9.17, 15) is 9.59 Å². The molecule has 27 heavy (non-hydrogen) atoms. The van der Waals surface area contributed by atoms with Crippen molar-refractivity contribution in [3.63, 3.8) is 0 Å². The van der Waals surface area contributed by atoms with Gasteiger partial charge in [0, 0.05) is 6.07 Å². The van der Waals surface area contributed by atoms with E-state index in [1.807, 2.05) is 31.4 Å². The first-order valence-corrected chi connectivity index (χ1v) is 8.48. The first kappa shape index (κ1) is 17.0. The maximum atomic E-state index is 12.4. The molecule has 0 saturated carbocycles. The van der Waals surface area contributed by atoms with Gasteiger partial charge in [-0.1, -0.05) is 17.7 Å². The molecule has 0 saturated heterocycles. The van der Waals surface area contributed by atoms with E-state index in [0.717, 1.165) is 22.4 Å². The summed E-state index contributed by atoms with van der Waals surface area (Å²) in [6.07, 6.45) is 0. The van der Waals surface area contributed by atoms with Gasteiger partial charge in [0.15, 0.2) is 11.5 Å². The number of aryl methyl sites for hydroxylation is 3. The average Bonchev–Trinajstić information content (AvgIpc) is 2.60. The second kappa shape index (κ2) is 6.05. The van der Waals surface area contributed by atoms with Gasteiger partial charge < -0.3 is 4.74 Å². The molecular weight excluding hydrogens is 344 g/mol. The standard InChI is InChI=1S/C20H18N4O3/c1-10-7-11(2)17(12(3)8-10)24-15-9-13(27-4)5-6-14(15)21-16-18(24)22-20(26)23-19(16)25/h5-9H,1-4H3,(H,23,25,26). The molecule has 0 unspecified atom stereocenters. The molecule has 136 valence electrons. The molecule has 0 fully saturated rings. The van der Waals surface area contributed by atoms with E-state index >= 15 is 0 Å². The van der Waals surface area contributed by atoms with Crippen LogP contribution in [0, 0.1) is 20.8 Å². The van der Waals surface area contributed by atoms with Crippen LogP contribution >= 0.6 is 0 Å². The monoisotopic (exact) mass is 362 g/mol. The Morgan fingerprint density at radius 2 is 1.70 bits per heavy atom. The summed E-state index contributed by atoms with van der Waals surface area (Å²) in [6, 6.07) is 9.50. The van der Waals surface area contributed by atoms with Gasteiger partial charge in [0.05, 0.1) is 23.8 Å². The van der Waals surface area contributed by atoms with Gasteiger partial charge in [0.1, 0.15) is 5.75 Å². The highest BCUT2D eigenvalue weighted by molar-refractivity contribution is 5.83. The molecule has 0 bridgehead atoms. The number of rotatable bonds is 2. The number of fused-ring (bicyclic) bond motifs is 2. The van der Waals surface area contributed by atoms with Crippen molar-refractivity contribution in [3.05, 3.63) is 67.9 Å². The summed E-state index contributed by atoms with van der Waals surface area (Å²) in [6.45, 7) is 6.01.